The van der Waals surface area contributed by atoms with Crippen molar-refractivity contribution in [2.24, 2.45) is 10.9 Å². The Hall–Kier alpha value is -4.50. The van der Waals surface area contributed by atoms with Crippen LogP contribution in [-0.4, -0.2) is 71.6 Å². The van der Waals surface area contributed by atoms with Crippen molar-refractivity contribution in [3.8, 4) is 5.75 Å². The number of ketones is 1. The average Bonchev–Trinajstić information content (AvgIpc) is 3.70. The van der Waals surface area contributed by atoms with Gasteiger partial charge in [0.1, 0.15) is 23.2 Å². The van der Waals surface area contributed by atoms with E-state index in [9.17, 15) is 22.8 Å². The molecule has 1 fully saturated rings. The minimum absolute atomic E-state index is 0.118. The summed E-state index contributed by atoms with van der Waals surface area (Å²) in [5.74, 6) is 4.63. The third-order valence-corrected chi connectivity index (χ3v) is 10.9. The third-order valence-electron chi connectivity index (χ3n) is 8.07. The summed E-state index contributed by atoms with van der Waals surface area (Å²) in [6.07, 6.45) is 4.43. The van der Waals surface area contributed by atoms with Crippen LogP contribution in [0.2, 0.25) is 10.0 Å². The smallest absolute Gasteiger partial charge is 0.251 e. The van der Waals surface area contributed by atoms with Gasteiger partial charge in [0.2, 0.25) is 15.9 Å². The highest BCUT2D eigenvalue weighted by atomic mass is 35.5. The highest BCUT2D eigenvalue weighted by molar-refractivity contribution is 7.89. The fourth-order valence-electron chi connectivity index (χ4n) is 5.70. The van der Waals surface area contributed by atoms with Crippen LogP contribution in [0.25, 0.3) is 5.65 Å². The van der Waals surface area contributed by atoms with Crippen LogP contribution < -0.4 is 21.2 Å². The molecular formula is C33H35Cl2N7O6S. The van der Waals surface area contributed by atoms with E-state index in [1.54, 1.807) is 53.9 Å². The molecule has 1 atom stereocenters. The number of ether oxygens (including phenoxy) is 1. The van der Waals surface area contributed by atoms with Gasteiger partial charge < -0.3 is 21.2 Å². The largest absolute Gasteiger partial charge is 0.485 e. The Kier molecular flexibility index (Phi) is 11.2. The van der Waals surface area contributed by atoms with Gasteiger partial charge in [0, 0.05) is 48.9 Å². The van der Waals surface area contributed by atoms with E-state index in [1.807, 2.05) is 0 Å². The fourth-order valence-corrected chi connectivity index (χ4v) is 8.22. The highest BCUT2D eigenvalue weighted by Gasteiger charge is 2.40. The molecule has 2 aromatic heterocycles. The number of imidazole rings is 1. The molecule has 1 aliphatic heterocycles. The maximum atomic E-state index is 13.9. The Morgan fingerprint density at radius 1 is 1.10 bits per heavy atom. The van der Waals surface area contributed by atoms with E-state index in [-0.39, 0.29) is 51.9 Å². The normalized spacial score (nSPS) is 15.1. The van der Waals surface area contributed by atoms with Crippen molar-refractivity contribution >= 4 is 62.7 Å². The Bertz CT molecular complexity index is 2030. The summed E-state index contributed by atoms with van der Waals surface area (Å²) in [4.78, 5) is 42.0. The van der Waals surface area contributed by atoms with Crippen LogP contribution in [-0.2, 0) is 21.4 Å². The monoisotopic (exact) mass is 727 g/mol. The number of nitrogens with two attached hydrogens (primary N) is 1. The van der Waals surface area contributed by atoms with Crippen LogP contribution in [0.4, 0.5) is 0 Å². The minimum Gasteiger partial charge on any atom is -0.485 e. The number of aryl methyl sites for hydroxylation is 1. The van der Waals surface area contributed by atoms with Crippen LogP contribution >= 0.6 is 23.2 Å². The molecule has 4 N–H and O–H groups in total. The van der Waals surface area contributed by atoms with Crippen molar-refractivity contribution in [3.05, 3.63) is 92.9 Å². The summed E-state index contributed by atoms with van der Waals surface area (Å²) in [7, 11) is -4.22. The first kappa shape index (κ1) is 35.8. The quantitative estimate of drug-likeness (QED) is 0.0606. The molecule has 0 saturated carbocycles. The molecule has 0 spiro atoms. The van der Waals surface area contributed by atoms with Gasteiger partial charge in [-0.05, 0) is 68.1 Å². The molecule has 3 heterocycles. The molecule has 0 aliphatic carbocycles. The molecule has 2 aromatic carbocycles. The molecule has 49 heavy (non-hydrogen) atoms. The molecule has 0 radical (unpaired) electrons. The summed E-state index contributed by atoms with van der Waals surface area (Å²) >= 11 is 13.2. The summed E-state index contributed by atoms with van der Waals surface area (Å²) in [5, 5.41) is 9.10. The first-order valence-corrected chi connectivity index (χ1v) is 17.6. The number of fused-ring (bicyclic) bond motifs is 1. The van der Waals surface area contributed by atoms with Gasteiger partial charge in [0.25, 0.3) is 5.91 Å². The second-order valence-corrected chi connectivity index (χ2v) is 14.0. The van der Waals surface area contributed by atoms with Crippen LogP contribution in [0.5, 0.6) is 5.75 Å². The van der Waals surface area contributed by atoms with Gasteiger partial charge >= 0.3 is 0 Å². The molecular weight excluding hydrogens is 693 g/mol. The van der Waals surface area contributed by atoms with Gasteiger partial charge in [0.05, 0.1) is 16.9 Å². The topological polar surface area (TPSA) is 178 Å². The molecule has 16 heteroatoms. The number of pyridine rings is 1. The first-order valence-electron chi connectivity index (χ1n) is 15.4. The van der Waals surface area contributed by atoms with E-state index in [4.69, 9.17) is 33.8 Å². The number of halogens is 2. The van der Waals surface area contributed by atoms with E-state index in [0.29, 0.717) is 54.2 Å². The summed E-state index contributed by atoms with van der Waals surface area (Å²) < 4.78 is 36.6. The van der Waals surface area contributed by atoms with Crippen LogP contribution in [0.3, 0.4) is 0 Å². The Morgan fingerprint density at radius 3 is 2.55 bits per heavy atom. The number of aromatic nitrogens is 2. The minimum atomic E-state index is -4.22. The van der Waals surface area contributed by atoms with Gasteiger partial charge in [-0.2, -0.15) is 9.41 Å². The third kappa shape index (κ3) is 7.72. The molecule has 13 nitrogen and oxygen atoms in total. The molecule has 2 amide bonds. The molecule has 1 saturated heterocycles. The number of nitrogens with zero attached hydrogens (tertiary/aromatic N) is 4. The number of hydrogen-bond donors (Lipinski definition) is 3. The lowest BCUT2D eigenvalue weighted by Crippen LogP contribution is -2.46. The van der Waals surface area contributed by atoms with E-state index in [1.165, 1.54) is 25.3 Å². The van der Waals surface area contributed by atoms with Gasteiger partial charge in [-0.15, -0.1) is 0 Å². The lowest BCUT2D eigenvalue weighted by atomic mass is 10.1. The zero-order valence-electron chi connectivity index (χ0n) is 26.8. The number of benzene rings is 2. The highest BCUT2D eigenvalue weighted by Crippen LogP contribution is 2.36. The zero-order valence-corrected chi connectivity index (χ0v) is 29.1. The van der Waals surface area contributed by atoms with Crippen LogP contribution in [0.15, 0.2) is 64.7 Å². The van der Waals surface area contributed by atoms with Gasteiger partial charge in [-0.1, -0.05) is 35.3 Å². The molecule has 5 rings (SSSR count). The lowest BCUT2D eigenvalue weighted by Gasteiger charge is -2.24. The van der Waals surface area contributed by atoms with Crippen molar-refractivity contribution in [1.82, 2.24) is 24.3 Å². The number of sulfonamides is 1. The summed E-state index contributed by atoms with van der Waals surface area (Å²) in [5.41, 5.74) is 2.86. The number of nitrogens with one attached hydrogen (secondary N) is 2. The first-order chi connectivity index (χ1) is 23.4. The predicted octanol–water partition coefficient (Wildman–Crippen LogP) is 4.11. The van der Waals surface area contributed by atoms with Crippen molar-refractivity contribution < 1.29 is 27.5 Å². The Balaban J connectivity index is 1.21. The average molecular weight is 729 g/mol. The van der Waals surface area contributed by atoms with Crippen molar-refractivity contribution in [2.75, 3.05) is 19.6 Å². The van der Waals surface area contributed by atoms with Gasteiger partial charge in [0.15, 0.2) is 17.2 Å². The summed E-state index contributed by atoms with van der Waals surface area (Å²) in [6.45, 7) is 3.67. The fraction of sp³-hybridized carbons (Fsp3) is 0.303. The maximum Gasteiger partial charge on any atom is 0.251 e. The number of hydrazone groups is 1. The van der Waals surface area contributed by atoms with Crippen LogP contribution in [0.1, 0.15) is 63.9 Å². The number of carbonyl (C=O) groups is 3. The summed E-state index contributed by atoms with van der Waals surface area (Å²) in [6, 6.07) is 11.9. The van der Waals surface area contributed by atoms with Crippen molar-refractivity contribution in [3.63, 3.8) is 0 Å². The van der Waals surface area contributed by atoms with E-state index in [0.717, 1.165) is 9.87 Å². The van der Waals surface area contributed by atoms with E-state index in [2.05, 4.69) is 20.7 Å². The second kappa shape index (κ2) is 15.4. The molecule has 258 valence electrons. The van der Waals surface area contributed by atoms with E-state index >= 15 is 0 Å². The molecule has 0 bridgehead atoms. The number of carbonyl (C=O) groups excluding carboxylic acids is 3. The number of hydrogen-bond acceptors (Lipinski definition) is 9. The number of Topliss-reactive ketones (excluding diaryl/α,β-unsaturated/α-hetero) is 1. The zero-order chi connectivity index (χ0) is 35.3. The van der Waals surface area contributed by atoms with Gasteiger partial charge in [-0.25, -0.2) is 13.4 Å². The maximum absolute atomic E-state index is 13.9. The standard InChI is InChI=1S/C33H35Cl2N7O6S/c1-20-30(21(2)43)41-16-4-7-27(31(41)40-20)48-19-24-25(34)12-13-28(29(24)35)49(46,47)42-17-3-6-26(42)33(45)38-15-5-14-37-32(44)23-10-8-22(9-11-23)18-39-36/h4,7-13,16,18,26H,3,5-6,14-15,17,19,36H2,1-2H3,(H,37,44)(H,38,45)/t26-/m0/s1. The Morgan fingerprint density at radius 2 is 1.84 bits per heavy atom. The number of amides is 2. The van der Waals surface area contributed by atoms with Crippen LogP contribution in [0, 0.1) is 6.92 Å². The van der Waals surface area contributed by atoms with Gasteiger partial charge in [-0.3, -0.25) is 18.8 Å². The van der Waals surface area contributed by atoms with Crippen molar-refractivity contribution in [1.29, 1.82) is 0 Å². The van der Waals surface area contributed by atoms with E-state index < -0.39 is 22.0 Å². The molecule has 4 aromatic rings. The van der Waals surface area contributed by atoms with Crippen molar-refractivity contribution in [2.45, 2.75) is 50.7 Å². The predicted molar refractivity (Wildman–Crippen MR) is 186 cm³/mol. The molecule has 0 unspecified atom stereocenters. The lowest BCUT2D eigenvalue weighted by molar-refractivity contribution is -0.124. The molecule has 1 aliphatic rings. The Labute approximate surface area is 293 Å². The second-order valence-electron chi connectivity index (χ2n) is 11.4. The SMILES string of the molecule is CC(=O)c1c(C)nc2c(OCc3c(Cl)ccc(S(=O)(=O)N4CCC[C@H]4C(=O)NCCCNC(=O)c4ccc(C=NN)cc4)c3Cl)cccn12. The number of rotatable bonds is 13.